The molecule has 1 atom stereocenters. The van der Waals surface area contributed by atoms with Crippen molar-refractivity contribution in [2.24, 2.45) is 0 Å². The molecule has 4 heterocycles. The molecule has 5 aromatic rings. The fraction of sp³-hybridized carbons (Fsp3) is 0.263. The second kappa shape index (κ2) is 14.5. The number of amides is 2. The third kappa shape index (κ3) is 7.59. The summed E-state index contributed by atoms with van der Waals surface area (Å²) in [6.45, 7) is 5.82. The Bertz CT molecular complexity index is 2230. The molecule has 0 radical (unpaired) electrons. The lowest BCUT2D eigenvalue weighted by molar-refractivity contribution is -0.119. The van der Waals surface area contributed by atoms with Gasteiger partial charge in [0, 0.05) is 59.2 Å². The quantitative estimate of drug-likeness (QED) is 0.157. The van der Waals surface area contributed by atoms with E-state index in [-0.39, 0.29) is 30.6 Å². The first-order chi connectivity index (χ1) is 24.4. The van der Waals surface area contributed by atoms with Gasteiger partial charge in [0.05, 0.1) is 35.0 Å². The van der Waals surface area contributed by atoms with E-state index in [0.29, 0.717) is 74.2 Å². The van der Waals surface area contributed by atoms with Crippen LogP contribution in [0.4, 0.5) is 4.79 Å². The van der Waals surface area contributed by atoms with E-state index < -0.39 is 17.3 Å². The highest BCUT2D eigenvalue weighted by Gasteiger charge is 2.29. The number of methoxy groups -OCH3 is 1. The molecule has 0 aliphatic carbocycles. The monoisotopic (exact) mass is 727 g/mol. The van der Waals surface area contributed by atoms with Gasteiger partial charge < -0.3 is 19.7 Å². The molecule has 2 aromatic carbocycles. The molecular weight excluding hydrogens is 693 g/mol. The molecule has 0 bridgehead atoms. The van der Waals surface area contributed by atoms with Crippen molar-refractivity contribution in [1.82, 2.24) is 24.6 Å². The largest absolute Gasteiger partial charge is 0.481 e. The van der Waals surface area contributed by atoms with Crippen LogP contribution in [0, 0.1) is 0 Å². The number of aldehydes is 1. The van der Waals surface area contributed by atoms with Crippen LogP contribution < -0.4 is 15.6 Å². The number of hydrogen-bond donors (Lipinski definition) is 1. The molecule has 1 saturated heterocycles. The molecule has 1 aliphatic heterocycles. The molecule has 1 aliphatic rings. The Balaban J connectivity index is 1.32. The maximum absolute atomic E-state index is 13.2. The molecule has 1 fully saturated rings. The van der Waals surface area contributed by atoms with Crippen LogP contribution in [0.25, 0.3) is 39.2 Å². The van der Waals surface area contributed by atoms with Crippen molar-refractivity contribution in [2.75, 3.05) is 13.7 Å². The van der Waals surface area contributed by atoms with E-state index in [4.69, 9.17) is 37.7 Å². The van der Waals surface area contributed by atoms with Crippen molar-refractivity contribution in [1.29, 1.82) is 0 Å². The minimum atomic E-state index is -0.708. The number of rotatable bonds is 9. The van der Waals surface area contributed by atoms with E-state index in [1.165, 1.54) is 17.7 Å². The number of benzene rings is 2. The normalized spacial score (nSPS) is 14.3. The van der Waals surface area contributed by atoms with Gasteiger partial charge in [0.1, 0.15) is 11.2 Å². The van der Waals surface area contributed by atoms with E-state index in [1.807, 2.05) is 48.5 Å². The van der Waals surface area contributed by atoms with Gasteiger partial charge in [0.15, 0.2) is 6.29 Å². The minimum Gasteiger partial charge on any atom is -0.481 e. The van der Waals surface area contributed by atoms with Gasteiger partial charge in [-0.1, -0.05) is 59.6 Å². The van der Waals surface area contributed by atoms with Gasteiger partial charge in [0.2, 0.25) is 11.8 Å². The Hall–Kier alpha value is -5.26. The third-order valence-electron chi connectivity index (χ3n) is 8.41. The summed E-state index contributed by atoms with van der Waals surface area (Å²) in [6, 6.07) is 18.1. The van der Waals surface area contributed by atoms with Gasteiger partial charge in [-0.05, 0) is 57.0 Å². The molecule has 3 aromatic heterocycles. The van der Waals surface area contributed by atoms with Crippen LogP contribution in [0.5, 0.6) is 5.88 Å². The molecule has 0 unspecified atom stereocenters. The SMILES string of the molecule is COc1nc(-c2cccc(-c3cccc(-c4ccn5c(=O)c(C=O)cnc5c4)c3Cl)c2Cl)ccc1CN(C[C@@H]1CCC(=O)N1)C(=O)OC(C)(C)C. The van der Waals surface area contributed by atoms with Gasteiger partial charge in [0.25, 0.3) is 5.56 Å². The summed E-state index contributed by atoms with van der Waals surface area (Å²) in [5.41, 5.74) is 3.77. The first-order valence-corrected chi connectivity index (χ1v) is 17.0. The number of pyridine rings is 2. The Labute approximate surface area is 304 Å². The highest BCUT2D eigenvalue weighted by molar-refractivity contribution is 6.39. The van der Waals surface area contributed by atoms with Crippen molar-refractivity contribution in [3.8, 4) is 39.4 Å². The molecule has 1 N–H and O–H groups in total. The van der Waals surface area contributed by atoms with Crippen LogP contribution in [-0.4, -0.2) is 62.9 Å². The van der Waals surface area contributed by atoms with Gasteiger partial charge in [-0.2, -0.15) is 0 Å². The number of fused-ring (bicyclic) bond motifs is 1. The number of hydrogen-bond acceptors (Lipinski definition) is 8. The van der Waals surface area contributed by atoms with Gasteiger partial charge in [-0.15, -0.1) is 0 Å². The molecule has 262 valence electrons. The Morgan fingerprint density at radius 3 is 2.35 bits per heavy atom. The highest BCUT2D eigenvalue weighted by atomic mass is 35.5. The number of nitrogens with one attached hydrogen (secondary N) is 1. The maximum atomic E-state index is 13.2. The zero-order chi connectivity index (χ0) is 36.4. The van der Waals surface area contributed by atoms with Crippen molar-refractivity contribution >= 4 is 47.1 Å². The predicted molar refractivity (Wildman–Crippen MR) is 195 cm³/mol. The van der Waals surface area contributed by atoms with Crippen LogP contribution in [0.3, 0.4) is 0 Å². The lowest BCUT2D eigenvalue weighted by atomic mass is 9.97. The molecule has 51 heavy (non-hydrogen) atoms. The first kappa shape index (κ1) is 35.6. The number of ether oxygens (including phenoxy) is 2. The van der Waals surface area contributed by atoms with Crippen molar-refractivity contribution in [3.63, 3.8) is 0 Å². The Morgan fingerprint density at radius 1 is 1.02 bits per heavy atom. The average Bonchev–Trinajstić information content (AvgIpc) is 3.52. The van der Waals surface area contributed by atoms with Gasteiger partial charge >= 0.3 is 6.09 Å². The van der Waals surface area contributed by atoms with E-state index in [2.05, 4.69) is 10.3 Å². The van der Waals surface area contributed by atoms with Crippen LogP contribution >= 0.6 is 23.2 Å². The van der Waals surface area contributed by atoms with E-state index in [1.54, 1.807) is 44.0 Å². The summed E-state index contributed by atoms with van der Waals surface area (Å²) >= 11 is 14.1. The van der Waals surface area contributed by atoms with Crippen molar-refractivity contribution in [3.05, 3.63) is 105 Å². The molecule has 0 saturated carbocycles. The highest BCUT2D eigenvalue weighted by Crippen LogP contribution is 2.42. The predicted octanol–water partition coefficient (Wildman–Crippen LogP) is 7.23. The Morgan fingerprint density at radius 2 is 1.71 bits per heavy atom. The number of carbonyl (C=O) groups is 3. The third-order valence-corrected chi connectivity index (χ3v) is 9.22. The van der Waals surface area contributed by atoms with Crippen molar-refractivity contribution < 1.29 is 23.9 Å². The molecule has 11 nitrogen and oxygen atoms in total. The van der Waals surface area contributed by atoms with E-state index in [9.17, 15) is 19.2 Å². The fourth-order valence-corrected chi connectivity index (χ4v) is 6.63. The molecular formula is C38H35Cl2N5O6. The second-order valence-corrected chi connectivity index (χ2v) is 13.9. The summed E-state index contributed by atoms with van der Waals surface area (Å²) in [7, 11) is 1.51. The van der Waals surface area contributed by atoms with E-state index in [0.717, 1.165) is 5.56 Å². The number of nitrogens with zero attached hydrogens (tertiary/aromatic N) is 4. The second-order valence-electron chi connectivity index (χ2n) is 13.1. The van der Waals surface area contributed by atoms with Crippen LogP contribution in [-0.2, 0) is 16.1 Å². The zero-order valence-corrected chi connectivity index (χ0v) is 29.9. The van der Waals surface area contributed by atoms with Crippen molar-refractivity contribution in [2.45, 2.75) is 51.8 Å². The van der Waals surface area contributed by atoms with Gasteiger partial charge in [-0.25, -0.2) is 14.8 Å². The molecule has 0 spiro atoms. The summed E-state index contributed by atoms with van der Waals surface area (Å²) in [5, 5.41) is 3.77. The topological polar surface area (TPSA) is 132 Å². The minimum absolute atomic E-state index is 0.0325. The van der Waals surface area contributed by atoms with Gasteiger partial charge in [-0.3, -0.25) is 18.8 Å². The summed E-state index contributed by atoms with van der Waals surface area (Å²) in [5.74, 6) is 0.265. The standard InChI is InChI=1S/C38H35Cl2N5O6/c1-38(2,3)51-37(49)44(20-25-12-14-32(47)42-25)19-23-11-13-30(43-35(23)50-4)29-10-6-9-28(34(29)40)27-8-5-7-26(33(27)39)22-15-16-45-31(17-22)41-18-24(21-46)36(45)48/h5-11,13,15-18,21,25H,12,14,19-20H2,1-4H3,(H,42,47)/t25-/m0/s1. The zero-order valence-electron chi connectivity index (χ0n) is 28.4. The van der Waals surface area contributed by atoms with Crippen LogP contribution in [0.15, 0.2) is 77.9 Å². The Kier molecular flexibility index (Phi) is 10.1. The summed E-state index contributed by atoms with van der Waals surface area (Å²) in [6.07, 6.45) is 3.82. The molecule has 2 amide bonds. The van der Waals surface area contributed by atoms with Crippen LogP contribution in [0.1, 0.15) is 49.5 Å². The lowest BCUT2D eigenvalue weighted by Crippen LogP contribution is -2.43. The maximum Gasteiger partial charge on any atom is 0.410 e. The lowest BCUT2D eigenvalue weighted by Gasteiger charge is -2.29. The number of carbonyl (C=O) groups excluding carboxylic acids is 3. The fourth-order valence-electron chi connectivity index (χ4n) is 5.97. The smallest absolute Gasteiger partial charge is 0.410 e. The number of halogens is 2. The molecule has 6 rings (SSSR count). The summed E-state index contributed by atoms with van der Waals surface area (Å²) in [4.78, 5) is 59.5. The average molecular weight is 729 g/mol. The summed E-state index contributed by atoms with van der Waals surface area (Å²) < 4.78 is 12.7. The first-order valence-electron chi connectivity index (χ1n) is 16.2. The number of aromatic nitrogens is 3. The molecule has 13 heteroatoms. The van der Waals surface area contributed by atoms with E-state index >= 15 is 0 Å². The van der Waals surface area contributed by atoms with Crippen LogP contribution in [0.2, 0.25) is 10.0 Å².